The number of hydrogen-bond acceptors (Lipinski definition) is 2. The molecule has 0 aromatic rings. The summed E-state index contributed by atoms with van der Waals surface area (Å²) in [7, 11) is 0. The Bertz CT molecular complexity index is 224. The molecule has 1 fully saturated rings. The van der Waals surface area contributed by atoms with E-state index in [9.17, 15) is 4.79 Å². The van der Waals surface area contributed by atoms with E-state index in [1.807, 2.05) is 4.90 Å². The topological polar surface area (TPSA) is 32.3 Å². The number of carbonyl (C=O) groups excluding carboxylic acids is 1. The Labute approximate surface area is 106 Å². The van der Waals surface area contributed by atoms with Crippen LogP contribution in [-0.4, -0.2) is 36.5 Å². The quantitative estimate of drug-likeness (QED) is 0.741. The highest BCUT2D eigenvalue weighted by Gasteiger charge is 2.18. The molecule has 1 unspecified atom stereocenters. The van der Waals surface area contributed by atoms with Gasteiger partial charge in [-0.05, 0) is 25.7 Å². The molecule has 3 nitrogen and oxygen atoms in total. The highest BCUT2D eigenvalue weighted by molar-refractivity contribution is 5.78. The molecule has 0 aromatic heterocycles. The van der Waals surface area contributed by atoms with Crippen molar-refractivity contribution in [2.75, 3.05) is 19.6 Å². The second-order valence-electron chi connectivity index (χ2n) is 5.31. The van der Waals surface area contributed by atoms with E-state index in [-0.39, 0.29) is 5.91 Å². The molecule has 0 heterocycles. The van der Waals surface area contributed by atoms with E-state index < -0.39 is 0 Å². The normalized spacial score (nSPS) is 18.3. The van der Waals surface area contributed by atoms with E-state index in [0.717, 1.165) is 19.5 Å². The van der Waals surface area contributed by atoms with E-state index in [1.54, 1.807) is 0 Å². The van der Waals surface area contributed by atoms with Gasteiger partial charge in [-0.3, -0.25) is 4.79 Å². The van der Waals surface area contributed by atoms with Crippen molar-refractivity contribution in [1.29, 1.82) is 0 Å². The summed E-state index contributed by atoms with van der Waals surface area (Å²) in [6.07, 6.45) is 6.25. The van der Waals surface area contributed by atoms with E-state index in [0.29, 0.717) is 18.5 Å². The molecule has 0 aromatic carbocycles. The second kappa shape index (κ2) is 7.70. The van der Waals surface area contributed by atoms with Crippen molar-refractivity contribution in [3.8, 4) is 0 Å². The van der Waals surface area contributed by atoms with E-state index in [2.05, 4.69) is 26.1 Å². The van der Waals surface area contributed by atoms with E-state index in [4.69, 9.17) is 0 Å². The molecule has 1 aliphatic carbocycles. The Morgan fingerprint density at radius 3 is 2.53 bits per heavy atom. The molecule has 3 heteroatoms. The zero-order valence-electron chi connectivity index (χ0n) is 11.7. The van der Waals surface area contributed by atoms with Gasteiger partial charge in [0, 0.05) is 19.1 Å². The van der Waals surface area contributed by atoms with Gasteiger partial charge in [-0.15, -0.1) is 0 Å². The zero-order chi connectivity index (χ0) is 12.7. The van der Waals surface area contributed by atoms with Crippen LogP contribution >= 0.6 is 0 Å². The zero-order valence-corrected chi connectivity index (χ0v) is 11.7. The number of hydrogen-bond donors (Lipinski definition) is 1. The number of amides is 1. The fraction of sp³-hybridized carbons (Fsp3) is 0.929. The maximum absolute atomic E-state index is 12.0. The third kappa shape index (κ3) is 5.07. The first-order valence-corrected chi connectivity index (χ1v) is 7.18. The summed E-state index contributed by atoms with van der Waals surface area (Å²) in [4.78, 5) is 14.0. The van der Waals surface area contributed by atoms with Crippen LogP contribution in [0.4, 0.5) is 0 Å². The van der Waals surface area contributed by atoms with Crippen molar-refractivity contribution in [1.82, 2.24) is 10.2 Å². The molecule has 1 rings (SSSR count). The fourth-order valence-corrected chi connectivity index (χ4v) is 2.39. The summed E-state index contributed by atoms with van der Waals surface area (Å²) >= 11 is 0. The summed E-state index contributed by atoms with van der Waals surface area (Å²) in [6.45, 7) is 8.71. The maximum atomic E-state index is 12.0. The van der Waals surface area contributed by atoms with Crippen LogP contribution < -0.4 is 5.32 Å². The van der Waals surface area contributed by atoms with Gasteiger partial charge in [-0.25, -0.2) is 0 Å². The van der Waals surface area contributed by atoms with Crippen LogP contribution in [0, 0.1) is 5.92 Å². The minimum absolute atomic E-state index is 0.264. The van der Waals surface area contributed by atoms with Gasteiger partial charge >= 0.3 is 0 Å². The largest absolute Gasteiger partial charge is 0.342 e. The van der Waals surface area contributed by atoms with Crippen molar-refractivity contribution in [3.05, 3.63) is 0 Å². The van der Waals surface area contributed by atoms with Crippen LogP contribution in [-0.2, 0) is 4.79 Å². The first kappa shape index (κ1) is 14.5. The van der Waals surface area contributed by atoms with Gasteiger partial charge in [0.05, 0.1) is 6.54 Å². The van der Waals surface area contributed by atoms with E-state index >= 15 is 0 Å². The average molecular weight is 240 g/mol. The lowest BCUT2D eigenvalue weighted by Crippen LogP contribution is -2.42. The van der Waals surface area contributed by atoms with Gasteiger partial charge in [0.1, 0.15) is 0 Å². The standard InChI is InChI=1S/C14H28N2O/c1-4-12(3)11-16(5-2)14(17)10-15-13-8-6-7-9-13/h12-13,15H,4-11H2,1-3H3. The maximum Gasteiger partial charge on any atom is 0.236 e. The molecule has 0 bridgehead atoms. The predicted molar refractivity (Wildman–Crippen MR) is 72.0 cm³/mol. The smallest absolute Gasteiger partial charge is 0.236 e. The van der Waals surface area contributed by atoms with Crippen LogP contribution in [0.25, 0.3) is 0 Å². The van der Waals surface area contributed by atoms with E-state index in [1.165, 1.54) is 25.7 Å². The van der Waals surface area contributed by atoms with Gasteiger partial charge in [-0.1, -0.05) is 33.1 Å². The Kier molecular flexibility index (Phi) is 6.56. The first-order chi connectivity index (χ1) is 8.17. The summed E-state index contributed by atoms with van der Waals surface area (Å²) < 4.78 is 0. The number of carbonyl (C=O) groups is 1. The Morgan fingerprint density at radius 2 is 2.00 bits per heavy atom. The van der Waals surface area contributed by atoms with Crippen LogP contribution in [0.3, 0.4) is 0 Å². The van der Waals surface area contributed by atoms with Gasteiger partial charge in [0.25, 0.3) is 0 Å². The molecule has 17 heavy (non-hydrogen) atoms. The fourth-order valence-electron chi connectivity index (χ4n) is 2.39. The summed E-state index contributed by atoms with van der Waals surface area (Å²) in [5.41, 5.74) is 0. The molecule has 1 N–H and O–H groups in total. The molecule has 0 spiro atoms. The number of nitrogens with one attached hydrogen (secondary N) is 1. The van der Waals surface area contributed by atoms with Gasteiger partial charge in [0.15, 0.2) is 0 Å². The average Bonchev–Trinajstić information content (AvgIpc) is 2.85. The Morgan fingerprint density at radius 1 is 1.35 bits per heavy atom. The van der Waals surface area contributed by atoms with Crippen molar-refractivity contribution in [2.24, 2.45) is 5.92 Å². The number of nitrogens with zero attached hydrogens (tertiary/aromatic N) is 1. The predicted octanol–water partition coefficient (Wildman–Crippen LogP) is 2.41. The molecule has 0 aliphatic heterocycles. The minimum Gasteiger partial charge on any atom is -0.342 e. The van der Waals surface area contributed by atoms with Crippen molar-refractivity contribution >= 4 is 5.91 Å². The third-order valence-corrected chi connectivity index (χ3v) is 3.86. The van der Waals surface area contributed by atoms with Crippen molar-refractivity contribution in [2.45, 2.75) is 58.9 Å². The van der Waals surface area contributed by atoms with Crippen LogP contribution in [0.5, 0.6) is 0 Å². The number of likely N-dealkylation sites (N-methyl/N-ethyl adjacent to an activating group) is 1. The SMILES string of the molecule is CCC(C)CN(CC)C(=O)CNC1CCCC1. The monoisotopic (exact) mass is 240 g/mol. The Hall–Kier alpha value is -0.570. The van der Waals surface area contributed by atoms with Crippen LogP contribution in [0.15, 0.2) is 0 Å². The lowest BCUT2D eigenvalue weighted by atomic mass is 10.1. The molecule has 1 saturated carbocycles. The molecule has 1 atom stereocenters. The molecule has 0 saturated heterocycles. The molecule has 100 valence electrons. The minimum atomic E-state index is 0.264. The van der Waals surface area contributed by atoms with Gasteiger partial charge in [-0.2, -0.15) is 0 Å². The summed E-state index contributed by atoms with van der Waals surface area (Å²) in [5.74, 6) is 0.866. The Balaban J connectivity index is 2.27. The summed E-state index contributed by atoms with van der Waals surface area (Å²) in [6, 6.07) is 0.584. The molecule has 1 amide bonds. The second-order valence-corrected chi connectivity index (χ2v) is 5.31. The van der Waals surface area contributed by atoms with Gasteiger partial charge in [0.2, 0.25) is 5.91 Å². The highest BCUT2D eigenvalue weighted by Crippen LogP contribution is 2.17. The number of rotatable bonds is 7. The lowest BCUT2D eigenvalue weighted by Gasteiger charge is -2.25. The lowest BCUT2D eigenvalue weighted by molar-refractivity contribution is -0.130. The molecule has 1 aliphatic rings. The highest BCUT2D eigenvalue weighted by atomic mass is 16.2. The molecule has 0 radical (unpaired) electrons. The third-order valence-electron chi connectivity index (χ3n) is 3.86. The molecular weight excluding hydrogens is 212 g/mol. The van der Waals surface area contributed by atoms with Crippen molar-refractivity contribution in [3.63, 3.8) is 0 Å². The first-order valence-electron chi connectivity index (χ1n) is 7.18. The molecular formula is C14H28N2O. The summed E-state index contributed by atoms with van der Waals surface area (Å²) in [5, 5.41) is 3.40. The van der Waals surface area contributed by atoms with Crippen LogP contribution in [0.2, 0.25) is 0 Å². The van der Waals surface area contributed by atoms with Gasteiger partial charge < -0.3 is 10.2 Å². The van der Waals surface area contributed by atoms with Crippen LogP contribution in [0.1, 0.15) is 52.9 Å². The van der Waals surface area contributed by atoms with Crippen molar-refractivity contribution < 1.29 is 4.79 Å².